The minimum absolute atomic E-state index is 0.134. The molecule has 0 amide bonds. The predicted octanol–water partition coefficient (Wildman–Crippen LogP) is 3.34. The molecule has 1 heterocycles. The van der Waals surface area contributed by atoms with E-state index in [9.17, 15) is 4.79 Å². The van der Waals surface area contributed by atoms with Crippen molar-refractivity contribution >= 4 is 5.78 Å². The number of aromatic nitrogens is 2. The fraction of sp³-hybridized carbons (Fsp3) is 0.375. The number of Topliss-reactive ketones (excluding diaryl/α,β-unsaturated/α-hetero) is 1. The van der Waals surface area contributed by atoms with Gasteiger partial charge in [-0.05, 0) is 43.0 Å². The van der Waals surface area contributed by atoms with Crippen LogP contribution in [0.1, 0.15) is 40.5 Å². The van der Waals surface area contributed by atoms with Gasteiger partial charge in [-0.1, -0.05) is 25.1 Å². The van der Waals surface area contributed by atoms with E-state index in [1.54, 1.807) is 16.9 Å². The molecule has 0 fully saturated rings. The smallest absolute Gasteiger partial charge is 0.185 e. The Balaban J connectivity index is 2.16. The fourth-order valence-corrected chi connectivity index (χ4v) is 2.15. The average molecular weight is 256 g/mol. The highest BCUT2D eigenvalue weighted by Crippen LogP contribution is 2.13. The lowest BCUT2D eigenvalue weighted by Crippen LogP contribution is -2.12. The molecule has 0 atom stereocenters. The van der Waals surface area contributed by atoms with Gasteiger partial charge in [-0.3, -0.25) is 9.48 Å². The summed E-state index contributed by atoms with van der Waals surface area (Å²) in [6, 6.07) is 7.99. The van der Waals surface area contributed by atoms with E-state index in [1.165, 1.54) is 11.1 Å². The van der Waals surface area contributed by atoms with Crippen molar-refractivity contribution in [3.63, 3.8) is 0 Å². The zero-order valence-corrected chi connectivity index (χ0v) is 11.8. The molecular formula is C16H20N2O. The summed E-state index contributed by atoms with van der Waals surface area (Å²) >= 11 is 0. The Hall–Kier alpha value is -1.90. The fourth-order valence-electron chi connectivity index (χ4n) is 2.15. The lowest BCUT2D eigenvalue weighted by Gasteiger charge is -2.07. The topological polar surface area (TPSA) is 34.9 Å². The second kappa shape index (κ2) is 5.83. The lowest BCUT2D eigenvalue weighted by atomic mass is 10.0. The number of aryl methyl sites for hydroxylation is 3. The van der Waals surface area contributed by atoms with Crippen molar-refractivity contribution in [3.8, 4) is 0 Å². The molecular weight excluding hydrogens is 236 g/mol. The second-order valence-electron chi connectivity index (χ2n) is 4.96. The Morgan fingerprint density at radius 2 is 2.00 bits per heavy atom. The molecule has 100 valence electrons. The van der Waals surface area contributed by atoms with Gasteiger partial charge in [0.1, 0.15) is 5.69 Å². The van der Waals surface area contributed by atoms with Gasteiger partial charge in [-0.25, -0.2) is 0 Å². The first-order valence-corrected chi connectivity index (χ1v) is 6.73. The van der Waals surface area contributed by atoms with Crippen molar-refractivity contribution in [2.45, 2.75) is 40.2 Å². The van der Waals surface area contributed by atoms with Crippen LogP contribution in [0.3, 0.4) is 0 Å². The van der Waals surface area contributed by atoms with Crippen LogP contribution in [0.25, 0.3) is 0 Å². The van der Waals surface area contributed by atoms with E-state index in [4.69, 9.17) is 0 Å². The summed E-state index contributed by atoms with van der Waals surface area (Å²) in [4.78, 5) is 12.3. The number of hydrogen-bond acceptors (Lipinski definition) is 2. The number of ketones is 1. The maximum atomic E-state index is 12.3. The van der Waals surface area contributed by atoms with E-state index >= 15 is 0 Å². The second-order valence-corrected chi connectivity index (χ2v) is 4.96. The van der Waals surface area contributed by atoms with E-state index in [0.717, 1.165) is 18.5 Å². The largest absolute Gasteiger partial charge is 0.292 e. The van der Waals surface area contributed by atoms with Gasteiger partial charge in [0.05, 0.1) is 0 Å². The molecule has 1 aromatic carbocycles. The first-order chi connectivity index (χ1) is 9.11. The van der Waals surface area contributed by atoms with Crippen LogP contribution >= 0.6 is 0 Å². The van der Waals surface area contributed by atoms with Crippen molar-refractivity contribution in [2.24, 2.45) is 0 Å². The molecule has 0 unspecified atom stereocenters. The van der Waals surface area contributed by atoms with E-state index in [0.29, 0.717) is 12.1 Å². The molecule has 0 bridgehead atoms. The molecule has 0 aliphatic rings. The monoisotopic (exact) mass is 256 g/mol. The summed E-state index contributed by atoms with van der Waals surface area (Å²) in [5, 5.41) is 4.20. The minimum Gasteiger partial charge on any atom is -0.292 e. The van der Waals surface area contributed by atoms with Gasteiger partial charge in [0.2, 0.25) is 0 Å². The van der Waals surface area contributed by atoms with Crippen LogP contribution in [0.5, 0.6) is 0 Å². The number of hydrogen-bond donors (Lipinski definition) is 0. The van der Waals surface area contributed by atoms with Gasteiger partial charge in [0, 0.05) is 19.2 Å². The number of rotatable bonds is 5. The van der Waals surface area contributed by atoms with Gasteiger partial charge in [-0.15, -0.1) is 0 Å². The van der Waals surface area contributed by atoms with Crippen molar-refractivity contribution in [2.75, 3.05) is 0 Å². The van der Waals surface area contributed by atoms with Gasteiger partial charge < -0.3 is 0 Å². The van der Waals surface area contributed by atoms with Crippen LogP contribution in [0.2, 0.25) is 0 Å². The molecule has 3 heteroatoms. The molecule has 0 saturated heterocycles. The predicted molar refractivity (Wildman–Crippen MR) is 76.5 cm³/mol. The Kier molecular flexibility index (Phi) is 4.15. The molecule has 0 saturated carbocycles. The minimum atomic E-state index is 0.134. The molecule has 0 spiro atoms. The summed E-state index contributed by atoms with van der Waals surface area (Å²) in [5.74, 6) is 0.134. The lowest BCUT2D eigenvalue weighted by molar-refractivity contribution is 0.0982. The molecule has 3 nitrogen and oxygen atoms in total. The molecule has 19 heavy (non-hydrogen) atoms. The van der Waals surface area contributed by atoms with Crippen LogP contribution in [0.4, 0.5) is 0 Å². The van der Waals surface area contributed by atoms with E-state index in [2.05, 4.69) is 38.0 Å². The first-order valence-electron chi connectivity index (χ1n) is 6.73. The maximum absolute atomic E-state index is 12.3. The Morgan fingerprint density at radius 1 is 1.21 bits per heavy atom. The van der Waals surface area contributed by atoms with Crippen LogP contribution in [0, 0.1) is 13.8 Å². The number of benzene rings is 1. The molecule has 1 aromatic heterocycles. The third-order valence-corrected chi connectivity index (χ3v) is 3.37. The molecule has 2 aromatic rings. The number of nitrogens with zero attached hydrogens (tertiary/aromatic N) is 2. The van der Waals surface area contributed by atoms with Gasteiger partial charge in [-0.2, -0.15) is 5.10 Å². The molecule has 0 aliphatic heterocycles. The third kappa shape index (κ3) is 3.11. The van der Waals surface area contributed by atoms with Crippen molar-refractivity contribution in [1.82, 2.24) is 9.78 Å². The van der Waals surface area contributed by atoms with Crippen molar-refractivity contribution in [3.05, 3.63) is 52.8 Å². The van der Waals surface area contributed by atoms with E-state index < -0.39 is 0 Å². The van der Waals surface area contributed by atoms with Crippen molar-refractivity contribution < 1.29 is 4.79 Å². The first kappa shape index (κ1) is 13.5. The summed E-state index contributed by atoms with van der Waals surface area (Å²) in [6.45, 7) is 7.03. The summed E-state index contributed by atoms with van der Waals surface area (Å²) < 4.78 is 1.80. The Labute approximate surface area is 114 Å². The Morgan fingerprint density at radius 3 is 2.68 bits per heavy atom. The zero-order valence-electron chi connectivity index (χ0n) is 11.8. The van der Waals surface area contributed by atoms with Gasteiger partial charge >= 0.3 is 0 Å². The van der Waals surface area contributed by atoms with E-state index in [-0.39, 0.29) is 5.78 Å². The highest BCUT2D eigenvalue weighted by Gasteiger charge is 2.12. The van der Waals surface area contributed by atoms with E-state index in [1.807, 2.05) is 6.07 Å². The van der Waals surface area contributed by atoms with Crippen LogP contribution in [0.15, 0.2) is 30.5 Å². The van der Waals surface area contributed by atoms with Gasteiger partial charge in [0.15, 0.2) is 5.78 Å². The van der Waals surface area contributed by atoms with Crippen LogP contribution in [-0.2, 0) is 13.0 Å². The van der Waals surface area contributed by atoms with Crippen LogP contribution < -0.4 is 0 Å². The van der Waals surface area contributed by atoms with Gasteiger partial charge in [0.25, 0.3) is 0 Å². The summed E-state index contributed by atoms with van der Waals surface area (Å²) in [7, 11) is 0. The highest BCUT2D eigenvalue weighted by atomic mass is 16.1. The zero-order chi connectivity index (χ0) is 13.8. The quantitative estimate of drug-likeness (QED) is 0.769. The molecule has 0 aliphatic carbocycles. The standard InChI is InChI=1S/C16H20N2O/c1-4-9-18-15(7-8-17-18)16(19)11-14-6-5-12(2)13(3)10-14/h5-8,10H,4,9,11H2,1-3H3. The normalized spacial score (nSPS) is 10.7. The van der Waals surface area contributed by atoms with Crippen molar-refractivity contribution in [1.29, 1.82) is 0 Å². The maximum Gasteiger partial charge on any atom is 0.185 e. The Bertz CT molecular complexity index is 584. The van der Waals surface area contributed by atoms with Crippen LogP contribution in [-0.4, -0.2) is 15.6 Å². The SMILES string of the molecule is CCCn1nccc1C(=O)Cc1ccc(C)c(C)c1. The summed E-state index contributed by atoms with van der Waals surface area (Å²) in [6.07, 6.45) is 3.12. The average Bonchev–Trinajstić information content (AvgIpc) is 2.83. The highest BCUT2D eigenvalue weighted by molar-refractivity contribution is 5.96. The summed E-state index contributed by atoms with van der Waals surface area (Å²) in [5.41, 5.74) is 4.26. The third-order valence-electron chi connectivity index (χ3n) is 3.37. The number of carbonyl (C=O) groups is 1. The molecule has 0 radical (unpaired) electrons. The number of carbonyl (C=O) groups excluding carboxylic acids is 1. The molecule has 0 N–H and O–H groups in total. The molecule has 2 rings (SSSR count).